The van der Waals surface area contributed by atoms with E-state index in [1.807, 2.05) is 49.1 Å². The monoisotopic (exact) mass is 311 g/mol. The Morgan fingerprint density at radius 3 is 2.87 bits per heavy atom. The third kappa shape index (κ3) is 4.06. The number of rotatable bonds is 4. The van der Waals surface area contributed by atoms with E-state index in [0.29, 0.717) is 18.8 Å². The Kier molecular flexibility index (Phi) is 4.55. The van der Waals surface area contributed by atoms with Crippen molar-refractivity contribution in [2.75, 3.05) is 13.1 Å². The molecule has 1 aromatic heterocycles. The minimum atomic E-state index is -0.00605. The number of likely N-dealkylation sites (tertiary alicyclic amines) is 1. The fourth-order valence-electron chi connectivity index (χ4n) is 2.78. The van der Waals surface area contributed by atoms with E-state index >= 15 is 0 Å². The average Bonchev–Trinajstić information content (AvgIpc) is 2.98. The van der Waals surface area contributed by atoms with Gasteiger partial charge in [-0.3, -0.25) is 4.79 Å². The highest BCUT2D eigenvalue weighted by Gasteiger charge is 2.27. The van der Waals surface area contributed by atoms with Gasteiger partial charge in [0.2, 0.25) is 11.8 Å². The highest BCUT2D eigenvalue weighted by atomic mass is 16.5. The molecule has 0 saturated carbocycles. The molecule has 2 heterocycles. The Morgan fingerprint density at radius 2 is 2.13 bits per heavy atom. The predicted molar refractivity (Wildman–Crippen MR) is 87.3 cm³/mol. The molecule has 120 valence electrons. The normalized spacial score (nSPS) is 17.3. The number of amides is 1. The van der Waals surface area contributed by atoms with Gasteiger partial charge in [0, 0.05) is 19.0 Å². The van der Waals surface area contributed by atoms with Gasteiger partial charge in [-0.05, 0) is 25.5 Å². The van der Waals surface area contributed by atoms with Gasteiger partial charge < -0.3 is 9.64 Å². The quantitative estimate of drug-likeness (QED) is 0.869. The summed E-state index contributed by atoms with van der Waals surface area (Å²) in [6, 6.07) is 11.8. The standard InChI is InChI=1S/C18H21N3O2/c1-13-4-3-5-15(10-13)11-18(22)21-9-8-16(12-21)23-17-7-6-14(2)19-20-17/h3-7,10,16H,8-9,11-12H2,1-2H3/t16-/m0/s1. The topological polar surface area (TPSA) is 55.3 Å². The lowest BCUT2D eigenvalue weighted by molar-refractivity contribution is -0.129. The average molecular weight is 311 g/mol. The van der Waals surface area contributed by atoms with Crippen LogP contribution in [0.15, 0.2) is 36.4 Å². The van der Waals surface area contributed by atoms with Crippen LogP contribution in [0.3, 0.4) is 0 Å². The number of hydrogen-bond donors (Lipinski definition) is 0. The van der Waals surface area contributed by atoms with Crippen molar-refractivity contribution in [1.82, 2.24) is 15.1 Å². The fraction of sp³-hybridized carbons (Fsp3) is 0.389. The number of carbonyl (C=O) groups excluding carboxylic acids is 1. The maximum Gasteiger partial charge on any atom is 0.233 e. The molecule has 1 saturated heterocycles. The van der Waals surface area contributed by atoms with E-state index in [1.165, 1.54) is 5.56 Å². The second-order valence-electron chi connectivity index (χ2n) is 6.05. The van der Waals surface area contributed by atoms with Gasteiger partial charge in [0.15, 0.2) is 0 Å². The molecule has 1 atom stereocenters. The van der Waals surface area contributed by atoms with Crippen molar-refractivity contribution >= 4 is 5.91 Å². The first kappa shape index (κ1) is 15.5. The van der Waals surface area contributed by atoms with Crippen molar-refractivity contribution < 1.29 is 9.53 Å². The number of nitrogens with zero attached hydrogens (tertiary/aromatic N) is 3. The van der Waals surface area contributed by atoms with Crippen molar-refractivity contribution in [1.29, 1.82) is 0 Å². The molecule has 0 spiro atoms. The molecule has 1 aliphatic heterocycles. The summed E-state index contributed by atoms with van der Waals surface area (Å²) in [7, 11) is 0. The van der Waals surface area contributed by atoms with E-state index in [1.54, 1.807) is 0 Å². The summed E-state index contributed by atoms with van der Waals surface area (Å²) in [5.74, 6) is 0.672. The molecule has 0 N–H and O–H groups in total. The summed E-state index contributed by atoms with van der Waals surface area (Å²) in [5.41, 5.74) is 3.10. The second-order valence-corrected chi connectivity index (χ2v) is 6.05. The van der Waals surface area contributed by atoms with Gasteiger partial charge in [-0.1, -0.05) is 29.8 Å². The van der Waals surface area contributed by atoms with Crippen molar-refractivity contribution in [3.05, 3.63) is 53.2 Å². The van der Waals surface area contributed by atoms with E-state index < -0.39 is 0 Å². The Bertz CT molecular complexity index is 685. The van der Waals surface area contributed by atoms with Gasteiger partial charge in [0.25, 0.3) is 0 Å². The Hall–Kier alpha value is -2.43. The van der Waals surface area contributed by atoms with Crippen LogP contribution in [0, 0.1) is 13.8 Å². The number of aryl methyl sites for hydroxylation is 2. The summed E-state index contributed by atoms with van der Waals surface area (Å²) in [5, 5.41) is 8.00. The highest BCUT2D eigenvalue weighted by molar-refractivity contribution is 5.79. The van der Waals surface area contributed by atoms with Crippen molar-refractivity contribution in [3.8, 4) is 5.88 Å². The molecule has 5 nitrogen and oxygen atoms in total. The summed E-state index contributed by atoms with van der Waals surface area (Å²) < 4.78 is 5.81. The SMILES string of the molecule is Cc1cccc(CC(=O)N2CC[C@H](Oc3ccc(C)nn3)C2)c1. The van der Waals surface area contributed by atoms with Gasteiger partial charge in [-0.2, -0.15) is 5.10 Å². The third-order valence-electron chi connectivity index (χ3n) is 4.00. The third-order valence-corrected chi connectivity index (χ3v) is 4.00. The predicted octanol–water partition coefficient (Wildman–Crippen LogP) is 2.32. The molecule has 0 radical (unpaired) electrons. The van der Waals surface area contributed by atoms with Crippen LogP contribution in [-0.4, -0.2) is 40.2 Å². The van der Waals surface area contributed by atoms with Crippen LogP contribution in [0.25, 0.3) is 0 Å². The molecule has 0 unspecified atom stereocenters. The van der Waals surface area contributed by atoms with Gasteiger partial charge >= 0.3 is 0 Å². The minimum absolute atomic E-state index is 0.00605. The number of aromatic nitrogens is 2. The summed E-state index contributed by atoms with van der Waals surface area (Å²) >= 11 is 0. The van der Waals surface area contributed by atoms with Gasteiger partial charge in [0.1, 0.15) is 6.10 Å². The van der Waals surface area contributed by atoms with E-state index in [2.05, 4.69) is 16.3 Å². The first-order valence-electron chi connectivity index (χ1n) is 7.90. The molecule has 1 fully saturated rings. The number of carbonyl (C=O) groups is 1. The Morgan fingerprint density at radius 1 is 1.26 bits per heavy atom. The van der Waals surface area contributed by atoms with Crippen molar-refractivity contribution in [2.45, 2.75) is 32.8 Å². The number of hydrogen-bond acceptors (Lipinski definition) is 4. The van der Waals surface area contributed by atoms with Crippen molar-refractivity contribution in [2.24, 2.45) is 0 Å². The zero-order valence-corrected chi connectivity index (χ0v) is 13.5. The first-order valence-corrected chi connectivity index (χ1v) is 7.90. The van der Waals surface area contributed by atoms with E-state index in [4.69, 9.17) is 4.74 Å². The molecule has 5 heteroatoms. The molecule has 23 heavy (non-hydrogen) atoms. The smallest absolute Gasteiger partial charge is 0.233 e. The number of ether oxygens (including phenoxy) is 1. The molecular weight excluding hydrogens is 290 g/mol. The molecular formula is C18H21N3O2. The molecule has 1 aromatic carbocycles. The second kappa shape index (κ2) is 6.77. The van der Waals surface area contributed by atoms with Crippen LogP contribution in [0.4, 0.5) is 0 Å². The highest BCUT2D eigenvalue weighted by Crippen LogP contribution is 2.17. The summed E-state index contributed by atoms with van der Waals surface area (Å²) in [6.07, 6.45) is 1.27. The first-order chi connectivity index (χ1) is 11.1. The van der Waals surface area contributed by atoms with Crippen LogP contribution >= 0.6 is 0 Å². The van der Waals surface area contributed by atoms with E-state index in [9.17, 15) is 4.79 Å². The lowest BCUT2D eigenvalue weighted by Gasteiger charge is -2.17. The fourth-order valence-corrected chi connectivity index (χ4v) is 2.78. The summed E-state index contributed by atoms with van der Waals surface area (Å²) in [6.45, 7) is 5.27. The Labute approximate surface area is 136 Å². The van der Waals surface area contributed by atoms with Crippen LogP contribution in [-0.2, 0) is 11.2 Å². The molecule has 0 aliphatic carbocycles. The zero-order valence-electron chi connectivity index (χ0n) is 13.5. The molecule has 1 amide bonds. The lowest BCUT2D eigenvalue weighted by atomic mass is 10.1. The maximum absolute atomic E-state index is 12.4. The van der Waals surface area contributed by atoms with E-state index in [0.717, 1.165) is 24.2 Å². The molecule has 2 aromatic rings. The zero-order chi connectivity index (χ0) is 16.2. The molecule has 1 aliphatic rings. The maximum atomic E-state index is 12.4. The molecule has 0 bridgehead atoms. The van der Waals surface area contributed by atoms with Gasteiger partial charge in [-0.15, -0.1) is 5.10 Å². The van der Waals surface area contributed by atoms with Crippen LogP contribution < -0.4 is 4.74 Å². The largest absolute Gasteiger partial charge is 0.471 e. The number of benzene rings is 1. The Balaban J connectivity index is 1.54. The molecule has 3 rings (SSSR count). The van der Waals surface area contributed by atoms with Crippen LogP contribution in [0.1, 0.15) is 23.2 Å². The van der Waals surface area contributed by atoms with Crippen LogP contribution in [0.5, 0.6) is 5.88 Å². The van der Waals surface area contributed by atoms with Crippen LogP contribution in [0.2, 0.25) is 0 Å². The summed E-state index contributed by atoms with van der Waals surface area (Å²) in [4.78, 5) is 14.3. The minimum Gasteiger partial charge on any atom is -0.471 e. The van der Waals surface area contributed by atoms with Crippen molar-refractivity contribution in [3.63, 3.8) is 0 Å². The van der Waals surface area contributed by atoms with E-state index in [-0.39, 0.29) is 12.0 Å². The van der Waals surface area contributed by atoms with Gasteiger partial charge in [0.05, 0.1) is 18.7 Å². The van der Waals surface area contributed by atoms with Gasteiger partial charge in [-0.25, -0.2) is 0 Å². The lowest BCUT2D eigenvalue weighted by Crippen LogP contribution is -2.32.